The molecule has 12 nitrogen and oxygen atoms in total. The molecule has 0 radical (unpaired) electrons. The molecule has 2 heterocycles. The summed E-state index contributed by atoms with van der Waals surface area (Å²) in [5.74, 6) is -2.80. The molecule has 5 amide bonds. The number of carbonyl (C=O) groups is 5. The smallest absolute Gasteiger partial charge is 0.266 e. The largest absolute Gasteiger partial charge is 0.483 e. The average Bonchev–Trinajstić information content (AvgIpc) is 3.13. The first-order chi connectivity index (χ1) is 17.9. The van der Waals surface area contributed by atoms with Crippen LogP contribution in [0.1, 0.15) is 53.3 Å². The zero-order valence-corrected chi connectivity index (χ0v) is 20.9. The van der Waals surface area contributed by atoms with Crippen molar-refractivity contribution in [2.24, 2.45) is 0 Å². The van der Waals surface area contributed by atoms with Gasteiger partial charge in [0, 0.05) is 26.2 Å². The molecule has 2 N–H and O–H groups in total. The molecule has 0 aromatic heterocycles. The average molecular weight is 520 g/mol. The fraction of sp³-hybridized carbons (Fsp3) is 0.560. The second kappa shape index (κ2) is 14.4. The van der Waals surface area contributed by atoms with Crippen molar-refractivity contribution >= 4 is 29.5 Å². The van der Waals surface area contributed by atoms with Gasteiger partial charge in [-0.25, -0.2) is 0 Å². The molecule has 37 heavy (non-hydrogen) atoms. The molecule has 1 atom stereocenters. The first kappa shape index (κ1) is 28.2. The van der Waals surface area contributed by atoms with E-state index in [1.54, 1.807) is 0 Å². The van der Waals surface area contributed by atoms with E-state index in [4.69, 9.17) is 18.9 Å². The van der Waals surface area contributed by atoms with Crippen LogP contribution in [0, 0.1) is 0 Å². The number of hydrogen-bond donors (Lipinski definition) is 2. The van der Waals surface area contributed by atoms with Crippen molar-refractivity contribution < 1.29 is 42.9 Å². The zero-order valence-electron chi connectivity index (χ0n) is 20.9. The third kappa shape index (κ3) is 7.81. The number of nitrogens with one attached hydrogen (secondary N) is 2. The number of amides is 5. The van der Waals surface area contributed by atoms with Crippen LogP contribution in [-0.2, 0) is 28.6 Å². The number of ether oxygens (including phenoxy) is 4. The van der Waals surface area contributed by atoms with E-state index in [1.807, 2.05) is 6.92 Å². The minimum Gasteiger partial charge on any atom is -0.483 e. The molecule has 0 spiro atoms. The Morgan fingerprint density at radius 3 is 2.41 bits per heavy atom. The van der Waals surface area contributed by atoms with Crippen molar-refractivity contribution in [3.8, 4) is 5.75 Å². The van der Waals surface area contributed by atoms with Crippen molar-refractivity contribution in [3.05, 3.63) is 29.3 Å². The number of fused-ring (bicyclic) bond motifs is 1. The highest BCUT2D eigenvalue weighted by Crippen LogP contribution is 2.33. The Morgan fingerprint density at radius 1 is 1.00 bits per heavy atom. The number of benzene rings is 1. The SMILES string of the molecule is CCCOCCOCCOCCCNC(=O)COc1cccc2c1C(=O)N(C1CCC(=O)NC1=O)C2=O. The quantitative estimate of drug-likeness (QED) is 0.234. The molecule has 2 aliphatic rings. The standard InChI is InChI=1S/C25H33N3O9/c1-2-10-34-12-14-36-15-13-35-11-4-9-26-21(30)16-37-19-6-3-5-17-22(19)25(33)28(24(17)32)18-7-8-20(29)27-23(18)31/h3,5-6,18H,2,4,7-16H2,1H3,(H,26,30)(H,27,29,31). The second-order valence-electron chi connectivity index (χ2n) is 8.46. The highest BCUT2D eigenvalue weighted by molar-refractivity contribution is 6.24. The normalized spacial score (nSPS) is 17.1. The van der Waals surface area contributed by atoms with Gasteiger partial charge in [0.2, 0.25) is 11.8 Å². The minimum absolute atomic E-state index is 0.00227. The van der Waals surface area contributed by atoms with Gasteiger partial charge in [0.05, 0.1) is 37.6 Å². The lowest BCUT2D eigenvalue weighted by Gasteiger charge is -2.27. The Bertz CT molecular complexity index is 998. The van der Waals surface area contributed by atoms with E-state index in [0.29, 0.717) is 46.0 Å². The van der Waals surface area contributed by atoms with E-state index in [2.05, 4.69) is 10.6 Å². The van der Waals surface area contributed by atoms with Crippen molar-refractivity contribution in [2.45, 2.75) is 38.6 Å². The molecule has 0 bridgehead atoms. The summed E-state index contributed by atoms with van der Waals surface area (Å²) in [6.07, 6.45) is 1.66. The number of carbonyl (C=O) groups excluding carboxylic acids is 5. The molecule has 12 heteroatoms. The first-order valence-electron chi connectivity index (χ1n) is 12.4. The van der Waals surface area contributed by atoms with Crippen LogP contribution in [0.15, 0.2) is 18.2 Å². The van der Waals surface area contributed by atoms with Crippen LogP contribution in [0.5, 0.6) is 5.75 Å². The third-order valence-electron chi connectivity index (χ3n) is 5.67. The van der Waals surface area contributed by atoms with E-state index in [9.17, 15) is 24.0 Å². The molecule has 1 unspecified atom stereocenters. The first-order valence-corrected chi connectivity index (χ1v) is 12.4. The van der Waals surface area contributed by atoms with Gasteiger partial charge in [0.25, 0.3) is 17.7 Å². The van der Waals surface area contributed by atoms with Crippen molar-refractivity contribution in [1.29, 1.82) is 0 Å². The topological polar surface area (TPSA) is 150 Å². The van der Waals surface area contributed by atoms with Crippen molar-refractivity contribution in [2.75, 3.05) is 52.8 Å². The van der Waals surface area contributed by atoms with E-state index >= 15 is 0 Å². The van der Waals surface area contributed by atoms with Gasteiger partial charge >= 0.3 is 0 Å². The number of rotatable bonds is 16. The summed E-state index contributed by atoms with van der Waals surface area (Å²) in [7, 11) is 0. The monoisotopic (exact) mass is 519 g/mol. The Balaban J connectivity index is 1.37. The number of imide groups is 2. The molecule has 0 saturated carbocycles. The fourth-order valence-corrected chi connectivity index (χ4v) is 3.89. The van der Waals surface area contributed by atoms with Gasteiger partial charge in [-0.3, -0.25) is 34.2 Å². The van der Waals surface area contributed by atoms with Gasteiger partial charge < -0.3 is 24.3 Å². The molecular formula is C25H33N3O9. The van der Waals surface area contributed by atoms with Crippen LogP contribution in [0.2, 0.25) is 0 Å². The van der Waals surface area contributed by atoms with Crippen molar-refractivity contribution in [1.82, 2.24) is 15.5 Å². The maximum absolute atomic E-state index is 13.0. The van der Waals surface area contributed by atoms with E-state index in [1.165, 1.54) is 18.2 Å². The number of hydrogen-bond acceptors (Lipinski definition) is 9. The highest BCUT2D eigenvalue weighted by atomic mass is 16.5. The molecule has 3 rings (SSSR count). The van der Waals surface area contributed by atoms with Gasteiger partial charge in [-0.2, -0.15) is 0 Å². The molecule has 202 valence electrons. The second-order valence-corrected chi connectivity index (χ2v) is 8.46. The Morgan fingerprint density at radius 2 is 1.70 bits per heavy atom. The molecule has 1 saturated heterocycles. The van der Waals surface area contributed by atoms with Gasteiger partial charge in [-0.1, -0.05) is 13.0 Å². The maximum atomic E-state index is 13.0. The zero-order chi connectivity index (χ0) is 26.6. The van der Waals surface area contributed by atoms with Gasteiger partial charge in [-0.15, -0.1) is 0 Å². The Labute approximate surface area is 214 Å². The lowest BCUT2D eigenvalue weighted by molar-refractivity contribution is -0.136. The Kier molecular flexibility index (Phi) is 11.0. The van der Waals surface area contributed by atoms with Crippen LogP contribution in [0.4, 0.5) is 0 Å². The number of nitrogens with zero attached hydrogens (tertiary/aromatic N) is 1. The van der Waals surface area contributed by atoms with Crippen LogP contribution in [0.25, 0.3) is 0 Å². The van der Waals surface area contributed by atoms with Crippen molar-refractivity contribution in [3.63, 3.8) is 0 Å². The van der Waals surface area contributed by atoms with Gasteiger partial charge in [0.1, 0.15) is 11.8 Å². The summed E-state index contributed by atoms with van der Waals surface area (Å²) >= 11 is 0. The summed E-state index contributed by atoms with van der Waals surface area (Å²) in [4.78, 5) is 62.5. The lowest BCUT2D eigenvalue weighted by Crippen LogP contribution is -2.54. The van der Waals surface area contributed by atoms with Gasteiger partial charge in [0.15, 0.2) is 6.61 Å². The third-order valence-corrected chi connectivity index (χ3v) is 5.67. The summed E-state index contributed by atoms with van der Waals surface area (Å²) in [5, 5.41) is 4.85. The van der Waals surface area contributed by atoms with Crippen LogP contribution < -0.4 is 15.4 Å². The van der Waals surface area contributed by atoms with E-state index < -0.39 is 35.6 Å². The summed E-state index contributed by atoms with van der Waals surface area (Å²) in [6.45, 7) is 5.26. The predicted molar refractivity (Wildman–Crippen MR) is 129 cm³/mol. The molecular weight excluding hydrogens is 486 g/mol. The van der Waals surface area contributed by atoms with E-state index in [0.717, 1.165) is 17.9 Å². The summed E-state index contributed by atoms with van der Waals surface area (Å²) in [5.41, 5.74) is 0.0831. The molecule has 1 fully saturated rings. The van der Waals surface area contributed by atoms with Crippen LogP contribution in [-0.4, -0.2) is 93.3 Å². The summed E-state index contributed by atoms with van der Waals surface area (Å²) in [6, 6.07) is 3.40. The van der Waals surface area contributed by atoms with E-state index in [-0.39, 0.29) is 36.3 Å². The highest BCUT2D eigenvalue weighted by Gasteiger charge is 2.46. The number of piperidine rings is 1. The van der Waals surface area contributed by atoms with Gasteiger partial charge in [-0.05, 0) is 31.4 Å². The predicted octanol–water partition coefficient (Wildman–Crippen LogP) is 0.433. The maximum Gasteiger partial charge on any atom is 0.266 e. The Hall–Kier alpha value is -3.35. The lowest BCUT2D eigenvalue weighted by atomic mass is 10.0. The van der Waals surface area contributed by atoms with Crippen LogP contribution in [0.3, 0.4) is 0 Å². The summed E-state index contributed by atoms with van der Waals surface area (Å²) < 4.78 is 21.7. The minimum atomic E-state index is -1.07. The molecule has 0 aliphatic carbocycles. The molecule has 2 aliphatic heterocycles. The fourth-order valence-electron chi connectivity index (χ4n) is 3.89. The molecule has 1 aromatic carbocycles. The van der Waals surface area contributed by atoms with Crippen LogP contribution >= 0.6 is 0 Å². The molecule has 1 aromatic rings.